The lowest BCUT2D eigenvalue weighted by atomic mass is 9.97. The highest BCUT2D eigenvalue weighted by Crippen LogP contribution is 2.20. The predicted molar refractivity (Wildman–Crippen MR) is 82.9 cm³/mol. The maximum Gasteiger partial charge on any atom is 0.270 e. The summed E-state index contributed by atoms with van der Waals surface area (Å²) in [5.41, 5.74) is 0.351. The second kappa shape index (κ2) is 7.95. The molecular formula is C14H20ClN3O3. The van der Waals surface area contributed by atoms with Crippen LogP contribution in [-0.2, 0) is 0 Å². The zero-order chi connectivity index (χ0) is 14.5. The number of carbonyl (C=O) groups is 1. The van der Waals surface area contributed by atoms with Crippen molar-refractivity contribution in [3.63, 3.8) is 0 Å². The Morgan fingerprint density at radius 1 is 1.52 bits per heavy atom. The van der Waals surface area contributed by atoms with Gasteiger partial charge in [0.15, 0.2) is 0 Å². The molecule has 116 valence electrons. The summed E-state index contributed by atoms with van der Waals surface area (Å²) in [7, 11) is 1.90. The summed E-state index contributed by atoms with van der Waals surface area (Å²) in [5.74, 6) is 0.339. The van der Waals surface area contributed by atoms with Gasteiger partial charge >= 0.3 is 0 Å². The molecule has 7 heteroatoms. The zero-order valence-corrected chi connectivity index (χ0v) is 12.8. The van der Waals surface area contributed by atoms with E-state index in [-0.39, 0.29) is 24.0 Å². The van der Waals surface area contributed by atoms with Crippen LogP contribution in [0.15, 0.2) is 24.3 Å². The van der Waals surface area contributed by atoms with Gasteiger partial charge in [0.25, 0.3) is 11.6 Å². The summed E-state index contributed by atoms with van der Waals surface area (Å²) in [6.07, 6.45) is 2.09. The number of carbonyl (C=O) groups excluding carboxylic acids is 1. The molecule has 21 heavy (non-hydrogen) atoms. The molecule has 6 nitrogen and oxygen atoms in total. The number of amides is 1. The number of non-ortho nitro benzene ring substituents is 1. The van der Waals surface area contributed by atoms with Crippen LogP contribution >= 0.6 is 12.4 Å². The minimum atomic E-state index is -0.475. The first kappa shape index (κ1) is 17.4. The number of hydrogen-bond acceptors (Lipinski definition) is 4. The molecule has 1 aromatic carbocycles. The van der Waals surface area contributed by atoms with E-state index in [1.807, 2.05) is 7.05 Å². The molecule has 0 spiro atoms. The smallest absolute Gasteiger partial charge is 0.270 e. The summed E-state index contributed by atoms with van der Waals surface area (Å²) in [6.45, 7) is 2.32. The van der Waals surface area contributed by atoms with Crippen molar-refractivity contribution in [2.45, 2.75) is 12.8 Å². The number of nitro groups is 1. The highest BCUT2D eigenvalue weighted by atomic mass is 35.5. The summed E-state index contributed by atoms with van der Waals surface area (Å²) in [4.78, 5) is 24.5. The molecule has 1 atom stereocenters. The van der Waals surface area contributed by atoms with Crippen molar-refractivity contribution in [1.29, 1.82) is 0 Å². The van der Waals surface area contributed by atoms with E-state index >= 15 is 0 Å². The Morgan fingerprint density at radius 3 is 2.95 bits per heavy atom. The van der Waals surface area contributed by atoms with Gasteiger partial charge in [-0.15, -0.1) is 12.4 Å². The lowest BCUT2D eigenvalue weighted by Crippen LogP contribution is -2.42. The van der Waals surface area contributed by atoms with E-state index in [0.717, 1.165) is 25.9 Å². The Bertz CT molecular complexity index is 508. The molecule has 1 fully saturated rings. The topological polar surface area (TPSA) is 75.5 Å². The molecule has 1 amide bonds. The van der Waals surface area contributed by atoms with Crippen molar-refractivity contribution >= 4 is 24.0 Å². The number of hydrogen-bond donors (Lipinski definition) is 1. The highest BCUT2D eigenvalue weighted by Gasteiger charge is 2.24. The van der Waals surface area contributed by atoms with E-state index in [4.69, 9.17) is 0 Å². The van der Waals surface area contributed by atoms with Crippen molar-refractivity contribution in [3.8, 4) is 0 Å². The van der Waals surface area contributed by atoms with Crippen LogP contribution in [0.2, 0.25) is 0 Å². The molecule has 0 radical (unpaired) electrons. The van der Waals surface area contributed by atoms with Crippen LogP contribution in [0.3, 0.4) is 0 Å². The van der Waals surface area contributed by atoms with Gasteiger partial charge in [-0.3, -0.25) is 14.9 Å². The van der Waals surface area contributed by atoms with Crippen LogP contribution in [0.25, 0.3) is 0 Å². The number of nitrogens with zero attached hydrogens (tertiary/aromatic N) is 2. The molecule has 1 N–H and O–H groups in total. The lowest BCUT2D eigenvalue weighted by molar-refractivity contribution is -0.384. The fourth-order valence-electron chi connectivity index (χ4n) is 2.64. The fraction of sp³-hybridized carbons (Fsp3) is 0.500. The van der Waals surface area contributed by atoms with E-state index < -0.39 is 4.92 Å². The number of piperidine rings is 1. The molecular weight excluding hydrogens is 294 g/mol. The van der Waals surface area contributed by atoms with Gasteiger partial charge in [-0.25, -0.2) is 0 Å². The van der Waals surface area contributed by atoms with Gasteiger partial charge in [0.1, 0.15) is 0 Å². The normalized spacial score (nSPS) is 18.0. The van der Waals surface area contributed by atoms with Gasteiger partial charge in [0.05, 0.1) is 4.92 Å². The molecule has 0 aliphatic carbocycles. The lowest BCUT2D eigenvalue weighted by Gasteiger charge is -2.32. The van der Waals surface area contributed by atoms with Gasteiger partial charge < -0.3 is 10.2 Å². The van der Waals surface area contributed by atoms with Gasteiger partial charge in [0.2, 0.25) is 0 Å². The molecule has 0 aromatic heterocycles. The van der Waals surface area contributed by atoms with Gasteiger partial charge in [-0.2, -0.15) is 0 Å². The third-order valence-corrected chi connectivity index (χ3v) is 3.60. The van der Waals surface area contributed by atoms with Gasteiger partial charge in [0, 0.05) is 30.8 Å². The zero-order valence-electron chi connectivity index (χ0n) is 11.9. The van der Waals surface area contributed by atoms with E-state index in [9.17, 15) is 14.9 Å². The molecule has 1 saturated heterocycles. The van der Waals surface area contributed by atoms with Crippen molar-refractivity contribution in [2.24, 2.45) is 5.92 Å². The van der Waals surface area contributed by atoms with Crippen LogP contribution in [0.1, 0.15) is 23.2 Å². The molecule has 1 aliphatic rings. The largest absolute Gasteiger partial charge is 0.338 e. The molecule has 1 aromatic rings. The Kier molecular flexibility index (Phi) is 6.58. The standard InChI is InChI=1S/C14H19N3O3.ClH/c1-15-9-11-4-3-7-16(10-11)14(18)12-5-2-6-13(8-12)17(19)20;/h2,5-6,8,11,15H,3-4,7,9-10H2,1H3;1H. The van der Waals surface area contributed by atoms with Crippen LogP contribution in [0.4, 0.5) is 5.69 Å². The highest BCUT2D eigenvalue weighted by molar-refractivity contribution is 5.94. The molecule has 1 aliphatic heterocycles. The number of nitro benzene ring substituents is 1. The minimum Gasteiger partial charge on any atom is -0.338 e. The molecule has 0 saturated carbocycles. The van der Waals surface area contributed by atoms with Crippen molar-refractivity contribution in [2.75, 3.05) is 26.7 Å². The maximum atomic E-state index is 12.4. The third kappa shape index (κ3) is 4.41. The second-order valence-electron chi connectivity index (χ2n) is 5.12. The quantitative estimate of drug-likeness (QED) is 0.682. The average molecular weight is 314 g/mol. The van der Waals surface area contributed by atoms with Crippen LogP contribution in [0.5, 0.6) is 0 Å². The molecule has 1 unspecified atom stereocenters. The Labute approximate surface area is 130 Å². The predicted octanol–water partition coefficient (Wildman–Crippen LogP) is 2.09. The number of nitrogens with one attached hydrogen (secondary N) is 1. The fourth-order valence-corrected chi connectivity index (χ4v) is 2.64. The minimum absolute atomic E-state index is 0. The van der Waals surface area contributed by atoms with E-state index in [1.54, 1.807) is 17.0 Å². The number of likely N-dealkylation sites (tertiary alicyclic amines) is 1. The van der Waals surface area contributed by atoms with Gasteiger partial charge in [-0.1, -0.05) is 6.07 Å². The van der Waals surface area contributed by atoms with Crippen LogP contribution in [0, 0.1) is 16.0 Å². The Hall–Kier alpha value is -1.66. The van der Waals surface area contributed by atoms with Crippen molar-refractivity contribution in [3.05, 3.63) is 39.9 Å². The first-order valence-electron chi connectivity index (χ1n) is 6.80. The van der Waals surface area contributed by atoms with Gasteiger partial charge in [-0.05, 0) is 38.4 Å². The van der Waals surface area contributed by atoms with Crippen molar-refractivity contribution < 1.29 is 9.72 Å². The van der Waals surface area contributed by atoms with Crippen LogP contribution < -0.4 is 5.32 Å². The summed E-state index contributed by atoms with van der Waals surface area (Å²) >= 11 is 0. The maximum absolute atomic E-state index is 12.4. The second-order valence-corrected chi connectivity index (χ2v) is 5.12. The van der Waals surface area contributed by atoms with E-state index in [0.29, 0.717) is 18.0 Å². The molecule has 0 bridgehead atoms. The first-order chi connectivity index (χ1) is 9.61. The average Bonchev–Trinajstić information content (AvgIpc) is 2.47. The van der Waals surface area contributed by atoms with E-state index in [1.165, 1.54) is 12.1 Å². The van der Waals surface area contributed by atoms with Crippen LogP contribution in [-0.4, -0.2) is 42.4 Å². The monoisotopic (exact) mass is 313 g/mol. The summed E-state index contributed by atoms with van der Waals surface area (Å²) < 4.78 is 0. The Morgan fingerprint density at radius 2 is 2.29 bits per heavy atom. The third-order valence-electron chi connectivity index (χ3n) is 3.60. The van der Waals surface area contributed by atoms with Crippen molar-refractivity contribution in [1.82, 2.24) is 10.2 Å². The summed E-state index contributed by atoms with van der Waals surface area (Å²) in [5, 5.41) is 13.9. The first-order valence-corrected chi connectivity index (χ1v) is 6.80. The number of benzene rings is 1. The SMILES string of the molecule is CNCC1CCCN(C(=O)c2cccc([N+](=O)[O-])c2)C1.Cl. The Balaban J connectivity index is 0.00000220. The molecule has 1 heterocycles. The van der Waals surface area contributed by atoms with E-state index in [2.05, 4.69) is 5.32 Å². The number of halogens is 1. The number of rotatable bonds is 4. The molecule has 2 rings (SSSR count). The summed E-state index contributed by atoms with van der Waals surface area (Å²) in [6, 6.07) is 5.94.